The van der Waals surface area contributed by atoms with Crippen molar-refractivity contribution in [2.75, 3.05) is 13.1 Å². The molecule has 39 heavy (non-hydrogen) atoms. The first-order valence-electron chi connectivity index (χ1n) is 13.2. The van der Waals surface area contributed by atoms with E-state index in [4.69, 9.17) is 4.99 Å². The molecule has 1 saturated heterocycles. The van der Waals surface area contributed by atoms with E-state index in [0.717, 1.165) is 5.41 Å². The largest absolute Gasteiger partial charge is 0.478 e. The number of aliphatic imine (C=N–C) groups is 1. The molecule has 0 radical (unpaired) electrons. The lowest BCUT2D eigenvalue weighted by atomic mass is 9.79. The van der Waals surface area contributed by atoms with Crippen LogP contribution >= 0.6 is 0 Å². The quantitative estimate of drug-likeness (QED) is 0.489. The second-order valence-corrected chi connectivity index (χ2v) is 12.7. The number of rotatable bonds is 7. The maximum atomic E-state index is 13.0. The molecule has 4 rings (SSSR count). The van der Waals surface area contributed by atoms with Crippen molar-refractivity contribution < 1.29 is 36.3 Å². The standard InChI is InChI=1S/C27H34F3N3O5S/c1-17-15-21(24(34)35)16-18(2)22(17)8-14-39(37,38)33-12-10-26(11-13-33)25(36)31-23(32-26)20-5-3-19(4-6-20)7-9-27(28,29)30/h8,14-16,19-20H,3-7,9-13H2,1-2H3,(H,34,35)(H,31,32,36)/b14-8+. The molecule has 1 amide bonds. The topological polar surface area (TPSA) is 116 Å². The first-order valence-corrected chi connectivity index (χ1v) is 14.7. The van der Waals surface area contributed by atoms with Crippen LogP contribution in [0.4, 0.5) is 13.2 Å². The van der Waals surface area contributed by atoms with E-state index in [1.165, 1.54) is 22.5 Å². The number of carbonyl (C=O) groups excluding carboxylic acids is 1. The number of aryl methyl sites for hydroxylation is 2. The zero-order valence-electron chi connectivity index (χ0n) is 22.1. The lowest BCUT2D eigenvalue weighted by Crippen LogP contribution is -2.50. The number of alkyl halides is 3. The third-order valence-corrected chi connectivity index (χ3v) is 9.79. The molecule has 0 unspecified atom stereocenters. The van der Waals surface area contributed by atoms with Crippen LogP contribution in [0.25, 0.3) is 6.08 Å². The fraction of sp³-hybridized carbons (Fsp3) is 0.593. The Hall–Kier alpha value is -2.73. The van der Waals surface area contributed by atoms with Crippen molar-refractivity contribution in [3.63, 3.8) is 0 Å². The molecule has 2 fully saturated rings. The zero-order chi connectivity index (χ0) is 28.6. The summed E-state index contributed by atoms with van der Waals surface area (Å²) < 4.78 is 65.0. The smallest absolute Gasteiger partial charge is 0.389 e. The van der Waals surface area contributed by atoms with Crippen molar-refractivity contribution in [2.24, 2.45) is 16.8 Å². The van der Waals surface area contributed by atoms with Gasteiger partial charge in [0.15, 0.2) is 0 Å². The van der Waals surface area contributed by atoms with Crippen LogP contribution in [0.3, 0.4) is 0 Å². The van der Waals surface area contributed by atoms with E-state index < -0.39 is 34.1 Å². The van der Waals surface area contributed by atoms with Gasteiger partial charge in [0.25, 0.3) is 5.91 Å². The normalized spacial score (nSPS) is 24.2. The monoisotopic (exact) mass is 569 g/mol. The Morgan fingerprint density at radius 3 is 2.28 bits per heavy atom. The Balaban J connectivity index is 1.37. The van der Waals surface area contributed by atoms with Crippen LogP contribution in [-0.4, -0.2) is 60.3 Å². The Labute approximate surface area is 226 Å². The average molecular weight is 570 g/mol. The van der Waals surface area contributed by atoms with Gasteiger partial charge in [-0.3, -0.25) is 9.79 Å². The van der Waals surface area contributed by atoms with Gasteiger partial charge < -0.3 is 10.4 Å². The molecule has 3 aliphatic rings. The molecule has 2 heterocycles. The van der Waals surface area contributed by atoms with Crippen molar-refractivity contribution >= 4 is 33.8 Å². The first kappa shape index (κ1) is 29.3. The highest BCUT2D eigenvalue weighted by molar-refractivity contribution is 7.92. The van der Waals surface area contributed by atoms with Gasteiger partial charge >= 0.3 is 12.1 Å². The molecule has 0 bridgehead atoms. The molecule has 0 atom stereocenters. The van der Waals surface area contributed by atoms with Gasteiger partial charge in [0.1, 0.15) is 11.4 Å². The predicted molar refractivity (Wildman–Crippen MR) is 141 cm³/mol. The molecule has 12 heteroatoms. The molecular weight excluding hydrogens is 535 g/mol. The lowest BCUT2D eigenvalue weighted by molar-refractivity contribution is -0.138. The van der Waals surface area contributed by atoms with Gasteiger partial charge in [-0.25, -0.2) is 13.2 Å². The van der Waals surface area contributed by atoms with Gasteiger partial charge in [-0.2, -0.15) is 17.5 Å². The summed E-state index contributed by atoms with van der Waals surface area (Å²) in [5.41, 5.74) is 1.05. The predicted octanol–water partition coefficient (Wildman–Crippen LogP) is 4.81. The maximum Gasteiger partial charge on any atom is 0.389 e. The molecule has 1 spiro atoms. The van der Waals surface area contributed by atoms with Crippen molar-refractivity contribution in [1.29, 1.82) is 0 Å². The zero-order valence-corrected chi connectivity index (χ0v) is 22.9. The van der Waals surface area contributed by atoms with E-state index in [-0.39, 0.29) is 55.7 Å². The SMILES string of the molecule is Cc1cc(C(=O)O)cc(C)c1/C=C/S(=O)(=O)N1CCC2(CC1)N=C(C1CCC(CCC(F)(F)F)CC1)NC2=O. The number of nitrogens with one attached hydrogen (secondary N) is 1. The summed E-state index contributed by atoms with van der Waals surface area (Å²) >= 11 is 0. The van der Waals surface area contributed by atoms with Crippen molar-refractivity contribution in [1.82, 2.24) is 9.62 Å². The number of sulfonamides is 1. The number of amides is 1. The molecule has 1 aliphatic carbocycles. The number of carboxylic acid groups (broad SMARTS) is 1. The van der Waals surface area contributed by atoms with E-state index in [9.17, 15) is 36.3 Å². The summed E-state index contributed by atoms with van der Waals surface area (Å²) in [4.78, 5) is 28.9. The van der Waals surface area contributed by atoms with Gasteiger partial charge in [0.05, 0.1) is 5.56 Å². The third kappa shape index (κ3) is 6.71. The molecule has 1 aromatic rings. The second-order valence-electron chi connectivity index (χ2n) is 10.9. The van der Waals surface area contributed by atoms with Crippen LogP contribution < -0.4 is 5.32 Å². The second kappa shape index (κ2) is 11.0. The van der Waals surface area contributed by atoms with Gasteiger partial charge in [-0.15, -0.1) is 0 Å². The summed E-state index contributed by atoms with van der Waals surface area (Å²) in [5.74, 6) is -0.685. The highest BCUT2D eigenvalue weighted by atomic mass is 32.2. The van der Waals surface area contributed by atoms with E-state index in [0.29, 0.717) is 48.2 Å². The van der Waals surface area contributed by atoms with Crippen LogP contribution in [0.2, 0.25) is 0 Å². The van der Waals surface area contributed by atoms with E-state index >= 15 is 0 Å². The van der Waals surface area contributed by atoms with Gasteiger partial charge in [-0.05, 0) is 99.6 Å². The Morgan fingerprint density at radius 1 is 1.15 bits per heavy atom. The minimum atomic E-state index is -4.14. The van der Waals surface area contributed by atoms with Crippen molar-refractivity contribution in [3.05, 3.63) is 39.8 Å². The number of aromatic carboxylic acids is 1. The molecule has 214 valence electrons. The highest BCUT2D eigenvalue weighted by Crippen LogP contribution is 2.38. The lowest BCUT2D eigenvalue weighted by Gasteiger charge is -2.34. The first-order chi connectivity index (χ1) is 18.2. The summed E-state index contributed by atoms with van der Waals surface area (Å²) in [7, 11) is -3.79. The number of nitrogens with zero attached hydrogens (tertiary/aromatic N) is 2. The van der Waals surface area contributed by atoms with E-state index in [2.05, 4.69) is 5.32 Å². The van der Waals surface area contributed by atoms with Crippen LogP contribution in [0.5, 0.6) is 0 Å². The Morgan fingerprint density at radius 2 is 1.74 bits per heavy atom. The average Bonchev–Trinajstić information content (AvgIpc) is 3.17. The molecule has 8 nitrogen and oxygen atoms in total. The summed E-state index contributed by atoms with van der Waals surface area (Å²) in [6, 6.07) is 2.99. The number of hydrogen-bond donors (Lipinski definition) is 2. The van der Waals surface area contributed by atoms with Gasteiger partial charge in [-0.1, -0.05) is 0 Å². The number of carbonyl (C=O) groups is 2. The van der Waals surface area contributed by atoms with E-state index in [1.54, 1.807) is 13.8 Å². The Kier molecular flexibility index (Phi) is 8.28. The molecule has 1 saturated carbocycles. The number of halogens is 3. The maximum absolute atomic E-state index is 13.0. The number of hydrogen-bond acceptors (Lipinski definition) is 5. The summed E-state index contributed by atoms with van der Waals surface area (Å²) in [5, 5.41) is 13.2. The number of carboxylic acids is 1. The van der Waals surface area contributed by atoms with Crippen LogP contribution in [0.1, 0.15) is 78.4 Å². The van der Waals surface area contributed by atoms with Gasteiger partial charge in [0.2, 0.25) is 10.0 Å². The van der Waals surface area contributed by atoms with Crippen molar-refractivity contribution in [2.45, 2.75) is 76.9 Å². The van der Waals surface area contributed by atoms with Crippen LogP contribution in [0.15, 0.2) is 22.5 Å². The number of amidine groups is 1. The number of benzene rings is 1. The van der Waals surface area contributed by atoms with Gasteiger partial charge in [0, 0.05) is 30.8 Å². The fourth-order valence-electron chi connectivity index (χ4n) is 5.88. The highest BCUT2D eigenvalue weighted by Gasteiger charge is 2.48. The summed E-state index contributed by atoms with van der Waals surface area (Å²) in [6.07, 6.45) is -0.152. The molecule has 0 aromatic heterocycles. The van der Waals surface area contributed by atoms with Crippen LogP contribution in [0, 0.1) is 25.7 Å². The summed E-state index contributed by atoms with van der Waals surface area (Å²) in [6.45, 7) is 3.69. The fourth-order valence-corrected chi connectivity index (χ4v) is 7.05. The minimum absolute atomic E-state index is 0.000785. The Bertz CT molecular complexity index is 1270. The van der Waals surface area contributed by atoms with Crippen LogP contribution in [-0.2, 0) is 14.8 Å². The minimum Gasteiger partial charge on any atom is -0.478 e. The number of piperidine rings is 1. The van der Waals surface area contributed by atoms with E-state index in [1.807, 2.05) is 0 Å². The third-order valence-electron chi connectivity index (χ3n) is 8.23. The van der Waals surface area contributed by atoms with Crippen molar-refractivity contribution in [3.8, 4) is 0 Å². The molecule has 1 aromatic carbocycles. The molecule has 2 N–H and O–H groups in total. The molecular formula is C27H34F3N3O5S. The molecule has 2 aliphatic heterocycles.